The van der Waals surface area contributed by atoms with Crippen LogP contribution < -0.4 is 5.32 Å². The van der Waals surface area contributed by atoms with Crippen LogP contribution in [0.3, 0.4) is 0 Å². The zero-order valence-corrected chi connectivity index (χ0v) is 10.2. The minimum atomic E-state index is -0.494. The third-order valence-electron chi connectivity index (χ3n) is 2.71. The molecule has 0 aliphatic heterocycles. The average molecular weight is 250 g/mol. The van der Waals surface area contributed by atoms with Crippen molar-refractivity contribution in [3.05, 3.63) is 22.2 Å². The average Bonchev–Trinajstić information content (AvgIpc) is 2.78. The van der Waals surface area contributed by atoms with Gasteiger partial charge in [0.15, 0.2) is 5.52 Å². The highest BCUT2D eigenvalue weighted by atomic mass is 16.6. The smallest absolute Gasteiger partial charge is 0.300 e. The Labute approximate surface area is 103 Å². The van der Waals surface area contributed by atoms with Gasteiger partial charge in [0.1, 0.15) is 0 Å². The molecule has 0 saturated carbocycles. The van der Waals surface area contributed by atoms with Crippen molar-refractivity contribution in [2.24, 2.45) is 0 Å². The third-order valence-corrected chi connectivity index (χ3v) is 2.71. The zero-order chi connectivity index (χ0) is 13.1. The number of aromatic nitrogens is 2. The lowest BCUT2D eigenvalue weighted by Crippen LogP contribution is -2.14. The van der Waals surface area contributed by atoms with E-state index in [1.54, 1.807) is 6.07 Å². The summed E-state index contributed by atoms with van der Waals surface area (Å²) in [6.07, 6.45) is 2.06. The highest BCUT2D eigenvalue weighted by molar-refractivity contribution is 5.93. The summed E-state index contributed by atoms with van der Waals surface area (Å²) < 4.78 is 4.59. The first-order chi connectivity index (χ1) is 8.63. The van der Waals surface area contributed by atoms with E-state index in [2.05, 4.69) is 27.2 Å². The minimum absolute atomic E-state index is 0.0973. The monoisotopic (exact) mass is 250 g/mol. The highest BCUT2D eigenvalue weighted by Crippen LogP contribution is 2.29. The molecule has 0 saturated heterocycles. The van der Waals surface area contributed by atoms with Gasteiger partial charge in [0.2, 0.25) is 5.52 Å². The Morgan fingerprint density at radius 3 is 2.83 bits per heavy atom. The number of nitrogens with zero attached hydrogens (tertiary/aromatic N) is 3. The summed E-state index contributed by atoms with van der Waals surface area (Å²) in [6.45, 7) is 4.14. The first-order valence-corrected chi connectivity index (χ1v) is 5.79. The Kier molecular flexibility index (Phi) is 3.40. The van der Waals surface area contributed by atoms with Gasteiger partial charge in [-0.2, -0.15) is 0 Å². The van der Waals surface area contributed by atoms with Gasteiger partial charge in [0.05, 0.1) is 10.6 Å². The number of rotatable bonds is 5. The normalized spacial score (nSPS) is 12.6. The maximum absolute atomic E-state index is 10.8. The van der Waals surface area contributed by atoms with Crippen LogP contribution in [0, 0.1) is 10.1 Å². The van der Waals surface area contributed by atoms with Gasteiger partial charge in [0.25, 0.3) is 0 Å². The highest BCUT2D eigenvalue weighted by Gasteiger charge is 2.19. The van der Waals surface area contributed by atoms with Crippen molar-refractivity contribution in [1.82, 2.24) is 10.3 Å². The molecule has 7 nitrogen and oxygen atoms in total. The van der Waals surface area contributed by atoms with Crippen LogP contribution in [-0.4, -0.2) is 21.3 Å². The van der Waals surface area contributed by atoms with Crippen molar-refractivity contribution in [1.29, 1.82) is 0 Å². The summed E-state index contributed by atoms with van der Waals surface area (Å²) in [5.41, 5.74) is 1.18. The van der Waals surface area contributed by atoms with E-state index in [-0.39, 0.29) is 17.2 Å². The summed E-state index contributed by atoms with van der Waals surface area (Å²) in [4.78, 5) is 10.3. The molecule has 1 unspecified atom stereocenters. The molecule has 2 rings (SSSR count). The van der Waals surface area contributed by atoms with Gasteiger partial charge in [-0.25, -0.2) is 4.63 Å². The van der Waals surface area contributed by atoms with Crippen LogP contribution >= 0.6 is 0 Å². The molecule has 0 fully saturated rings. The van der Waals surface area contributed by atoms with Crippen LogP contribution in [0.4, 0.5) is 11.4 Å². The Morgan fingerprint density at radius 2 is 2.17 bits per heavy atom. The van der Waals surface area contributed by atoms with Crippen molar-refractivity contribution in [2.75, 3.05) is 5.32 Å². The van der Waals surface area contributed by atoms with Crippen LogP contribution in [0.15, 0.2) is 16.8 Å². The molecule has 0 radical (unpaired) electrons. The molecule has 1 heterocycles. The molecule has 2 aromatic rings. The van der Waals surface area contributed by atoms with Crippen LogP contribution in [0.5, 0.6) is 0 Å². The number of nitro benzene ring substituents is 1. The molecule has 96 valence electrons. The van der Waals surface area contributed by atoms with Crippen molar-refractivity contribution in [3.63, 3.8) is 0 Å². The first kappa shape index (κ1) is 12.3. The molecular formula is C11H14N4O3. The number of nitrogens with one attached hydrogen (secondary N) is 1. The van der Waals surface area contributed by atoms with E-state index in [1.165, 1.54) is 6.07 Å². The van der Waals surface area contributed by atoms with Crippen molar-refractivity contribution in [3.8, 4) is 0 Å². The van der Waals surface area contributed by atoms with E-state index in [4.69, 9.17) is 0 Å². The lowest BCUT2D eigenvalue weighted by atomic mass is 10.1. The fraction of sp³-hybridized carbons (Fsp3) is 0.455. The second kappa shape index (κ2) is 4.99. The van der Waals surface area contributed by atoms with E-state index in [9.17, 15) is 10.1 Å². The van der Waals surface area contributed by atoms with Crippen LogP contribution in [0.2, 0.25) is 0 Å². The second-order valence-corrected chi connectivity index (χ2v) is 4.18. The standard InChI is InChI=1S/C11H14N4O3/c1-3-4-7(2)12-8-5-6-9(15(16)17)11-10(8)13-18-14-11/h5-7,12H,3-4H2,1-2H3. The first-order valence-electron chi connectivity index (χ1n) is 5.79. The molecule has 0 aliphatic carbocycles. The molecular weight excluding hydrogens is 236 g/mol. The molecule has 1 aromatic heterocycles. The predicted octanol–water partition coefficient (Wildman–Crippen LogP) is 2.73. The molecule has 0 bridgehead atoms. The fourth-order valence-corrected chi connectivity index (χ4v) is 1.89. The maximum Gasteiger partial charge on any atom is 0.300 e. The van der Waals surface area contributed by atoms with Gasteiger partial charge in [-0.3, -0.25) is 10.1 Å². The summed E-state index contributed by atoms with van der Waals surface area (Å²) in [5, 5.41) is 21.4. The molecule has 1 N–H and O–H groups in total. The van der Waals surface area contributed by atoms with Gasteiger partial charge in [-0.05, 0) is 29.7 Å². The minimum Gasteiger partial charge on any atom is -0.381 e. The van der Waals surface area contributed by atoms with Gasteiger partial charge in [-0.1, -0.05) is 13.3 Å². The lowest BCUT2D eigenvalue weighted by Gasteiger charge is -2.13. The largest absolute Gasteiger partial charge is 0.381 e. The van der Waals surface area contributed by atoms with Gasteiger partial charge in [-0.15, -0.1) is 0 Å². The summed E-state index contributed by atoms with van der Waals surface area (Å²) >= 11 is 0. The third kappa shape index (κ3) is 2.24. The number of non-ortho nitro benzene ring substituents is 1. The quantitative estimate of drug-likeness (QED) is 0.647. The topological polar surface area (TPSA) is 94.1 Å². The molecule has 18 heavy (non-hydrogen) atoms. The van der Waals surface area contributed by atoms with Gasteiger partial charge >= 0.3 is 5.69 Å². The van der Waals surface area contributed by atoms with Crippen LogP contribution in [0.25, 0.3) is 11.0 Å². The molecule has 7 heteroatoms. The number of benzene rings is 1. The molecule has 1 atom stereocenters. The Bertz CT molecular complexity index is 566. The van der Waals surface area contributed by atoms with Gasteiger partial charge in [0, 0.05) is 12.1 Å². The summed E-state index contributed by atoms with van der Waals surface area (Å²) in [7, 11) is 0. The van der Waals surface area contributed by atoms with Crippen molar-refractivity contribution >= 4 is 22.4 Å². The lowest BCUT2D eigenvalue weighted by molar-refractivity contribution is -0.383. The van der Waals surface area contributed by atoms with E-state index in [0.717, 1.165) is 12.8 Å². The number of fused-ring (bicyclic) bond motifs is 1. The molecule has 0 amide bonds. The predicted molar refractivity (Wildman–Crippen MR) is 66.5 cm³/mol. The second-order valence-electron chi connectivity index (χ2n) is 4.18. The number of anilines is 1. The summed E-state index contributed by atoms with van der Waals surface area (Å²) in [5.74, 6) is 0. The van der Waals surface area contributed by atoms with E-state index in [0.29, 0.717) is 11.2 Å². The zero-order valence-electron chi connectivity index (χ0n) is 10.2. The van der Waals surface area contributed by atoms with E-state index >= 15 is 0 Å². The van der Waals surface area contributed by atoms with E-state index in [1.807, 2.05) is 6.92 Å². The Morgan fingerprint density at radius 1 is 1.44 bits per heavy atom. The molecule has 0 aliphatic rings. The summed E-state index contributed by atoms with van der Waals surface area (Å²) in [6, 6.07) is 3.31. The van der Waals surface area contributed by atoms with Crippen LogP contribution in [0.1, 0.15) is 26.7 Å². The number of nitro groups is 1. The fourth-order valence-electron chi connectivity index (χ4n) is 1.89. The number of hydrogen-bond donors (Lipinski definition) is 1. The Hall–Kier alpha value is -2.18. The van der Waals surface area contributed by atoms with Crippen molar-refractivity contribution < 1.29 is 9.55 Å². The molecule has 1 aromatic carbocycles. The van der Waals surface area contributed by atoms with E-state index < -0.39 is 4.92 Å². The Balaban J connectivity index is 2.38. The molecule has 0 spiro atoms. The maximum atomic E-state index is 10.8. The number of hydrogen-bond acceptors (Lipinski definition) is 6. The van der Waals surface area contributed by atoms with Crippen molar-refractivity contribution in [2.45, 2.75) is 32.7 Å². The van der Waals surface area contributed by atoms with Crippen LogP contribution in [-0.2, 0) is 0 Å². The van der Waals surface area contributed by atoms with Gasteiger partial charge < -0.3 is 5.32 Å². The SMILES string of the molecule is CCCC(C)Nc1ccc([N+](=O)[O-])c2nonc12.